The van der Waals surface area contributed by atoms with E-state index >= 15 is 0 Å². The van der Waals surface area contributed by atoms with Gasteiger partial charge in [0.2, 0.25) is 0 Å². The average molecular weight is 291 g/mol. The van der Waals surface area contributed by atoms with E-state index in [9.17, 15) is 4.79 Å². The number of esters is 1. The molecule has 1 aromatic carbocycles. The molecule has 21 heavy (non-hydrogen) atoms. The Balaban J connectivity index is 2.58. The lowest BCUT2D eigenvalue weighted by Gasteiger charge is -2.22. The van der Waals surface area contributed by atoms with Crippen LogP contribution < -0.4 is 0 Å². The first-order chi connectivity index (χ1) is 10.2. The molecule has 0 heterocycles. The molecule has 0 radical (unpaired) electrons. The molecular weight excluding hydrogens is 270 g/mol. The fraction of sp³-hybridized carbons (Fsp3) is 0.533. The lowest BCUT2D eigenvalue weighted by Crippen LogP contribution is -2.32. The van der Waals surface area contributed by atoms with Crippen molar-refractivity contribution in [3.63, 3.8) is 0 Å². The van der Waals surface area contributed by atoms with Crippen molar-refractivity contribution < 1.29 is 14.3 Å². The summed E-state index contributed by atoms with van der Waals surface area (Å²) in [5.74, 6) is -0.380. The number of azide groups is 1. The van der Waals surface area contributed by atoms with E-state index < -0.39 is 12.1 Å². The topological polar surface area (TPSA) is 84.3 Å². The van der Waals surface area contributed by atoms with Gasteiger partial charge in [-0.05, 0) is 17.5 Å². The second-order valence-corrected chi connectivity index (χ2v) is 4.71. The summed E-state index contributed by atoms with van der Waals surface area (Å²) in [6.45, 7) is 3.98. The van der Waals surface area contributed by atoms with Gasteiger partial charge in [0.25, 0.3) is 0 Å². The Bertz CT molecular complexity index is 472. The van der Waals surface area contributed by atoms with Crippen LogP contribution in [0.1, 0.15) is 32.3 Å². The van der Waals surface area contributed by atoms with E-state index in [0.29, 0.717) is 13.0 Å². The molecule has 0 aliphatic rings. The first-order valence-electron chi connectivity index (χ1n) is 7.00. The Morgan fingerprint density at radius 1 is 1.38 bits per heavy atom. The van der Waals surface area contributed by atoms with Gasteiger partial charge in [0.15, 0.2) is 0 Å². The quantitative estimate of drug-likeness (QED) is 0.301. The predicted molar refractivity (Wildman–Crippen MR) is 79.5 cm³/mol. The molecular formula is C15H21N3O3. The van der Waals surface area contributed by atoms with E-state index in [1.54, 1.807) is 0 Å². The number of benzene rings is 1. The van der Waals surface area contributed by atoms with Crippen LogP contribution in [0.25, 0.3) is 10.4 Å². The van der Waals surface area contributed by atoms with Gasteiger partial charge in [-0.1, -0.05) is 48.8 Å². The van der Waals surface area contributed by atoms with Crippen LogP contribution in [0, 0.1) is 0 Å². The lowest BCUT2D eigenvalue weighted by atomic mass is 10.1. The van der Waals surface area contributed by atoms with Crippen LogP contribution in [0.5, 0.6) is 0 Å². The molecule has 6 heteroatoms. The van der Waals surface area contributed by atoms with Crippen LogP contribution in [0.3, 0.4) is 0 Å². The van der Waals surface area contributed by atoms with Gasteiger partial charge in [-0.15, -0.1) is 0 Å². The minimum Gasteiger partial charge on any atom is -0.462 e. The summed E-state index contributed by atoms with van der Waals surface area (Å²) in [5.41, 5.74) is 9.71. The maximum absolute atomic E-state index is 11.1. The largest absolute Gasteiger partial charge is 0.462 e. The van der Waals surface area contributed by atoms with Gasteiger partial charge in [-0.2, -0.15) is 0 Å². The molecule has 0 aliphatic heterocycles. The number of carbonyl (C=O) groups excluding carboxylic acids is 1. The molecule has 0 N–H and O–H groups in total. The Morgan fingerprint density at radius 2 is 2.10 bits per heavy atom. The van der Waals surface area contributed by atoms with Gasteiger partial charge in [-0.3, -0.25) is 4.79 Å². The monoisotopic (exact) mass is 291 g/mol. The summed E-state index contributed by atoms with van der Waals surface area (Å²) in [5, 5.41) is 3.71. The van der Waals surface area contributed by atoms with Crippen LogP contribution in [-0.2, 0) is 20.9 Å². The highest BCUT2D eigenvalue weighted by Gasteiger charge is 2.22. The molecule has 0 aromatic heterocycles. The van der Waals surface area contributed by atoms with Gasteiger partial charge < -0.3 is 9.47 Å². The number of hydrogen-bond donors (Lipinski definition) is 0. The number of ether oxygens (including phenoxy) is 2. The predicted octanol–water partition coefficient (Wildman–Crippen LogP) is 3.61. The molecule has 0 fully saturated rings. The molecule has 1 aromatic rings. The molecule has 114 valence electrons. The smallest absolute Gasteiger partial charge is 0.302 e. The number of rotatable bonds is 9. The van der Waals surface area contributed by atoms with Gasteiger partial charge in [0, 0.05) is 11.8 Å². The third kappa shape index (κ3) is 6.79. The Labute approximate surface area is 124 Å². The molecule has 6 nitrogen and oxygen atoms in total. The van der Waals surface area contributed by atoms with Crippen molar-refractivity contribution in [1.29, 1.82) is 0 Å². The summed E-state index contributed by atoms with van der Waals surface area (Å²) in [7, 11) is 0. The van der Waals surface area contributed by atoms with E-state index in [-0.39, 0.29) is 12.6 Å². The zero-order chi connectivity index (χ0) is 15.5. The summed E-state index contributed by atoms with van der Waals surface area (Å²) in [6, 6.07) is 9.20. The fourth-order valence-corrected chi connectivity index (χ4v) is 1.98. The minimum atomic E-state index is -0.512. The molecule has 0 aliphatic carbocycles. The molecule has 0 saturated carbocycles. The van der Waals surface area contributed by atoms with Crippen molar-refractivity contribution in [2.45, 2.75) is 45.4 Å². The Hall–Kier alpha value is -2.04. The molecule has 0 unspecified atom stereocenters. The van der Waals surface area contributed by atoms with Gasteiger partial charge in [0.05, 0.1) is 19.3 Å². The second kappa shape index (κ2) is 9.80. The maximum Gasteiger partial charge on any atom is 0.302 e. The Morgan fingerprint density at radius 3 is 2.67 bits per heavy atom. The molecule has 0 saturated heterocycles. The lowest BCUT2D eigenvalue weighted by molar-refractivity contribution is -0.148. The highest BCUT2D eigenvalue weighted by atomic mass is 16.5. The first-order valence-corrected chi connectivity index (χ1v) is 7.00. The molecule has 1 rings (SSSR count). The standard InChI is InChI=1S/C15H21N3O3/c1-3-7-15(21-12(2)19)14(17-18-16)11-20-10-13-8-5-4-6-9-13/h4-6,8-9,14-15H,3,7,10-11H2,1-2H3/t14-,15+/m0/s1. The van der Waals surface area contributed by atoms with E-state index in [0.717, 1.165) is 12.0 Å². The fourth-order valence-electron chi connectivity index (χ4n) is 1.98. The number of hydrogen-bond acceptors (Lipinski definition) is 4. The molecule has 0 amide bonds. The van der Waals surface area contributed by atoms with Gasteiger partial charge in [0.1, 0.15) is 6.10 Å². The first kappa shape index (κ1) is 17.0. The highest BCUT2D eigenvalue weighted by molar-refractivity contribution is 5.66. The summed E-state index contributed by atoms with van der Waals surface area (Å²) in [4.78, 5) is 14.0. The van der Waals surface area contributed by atoms with Crippen molar-refractivity contribution in [2.24, 2.45) is 5.11 Å². The second-order valence-electron chi connectivity index (χ2n) is 4.71. The number of carbonyl (C=O) groups is 1. The minimum absolute atomic E-state index is 0.219. The van der Waals surface area contributed by atoms with Crippen molar-refractivity contribution in [3.05, 3.63) is 46.3 Å². The van der Waals surface area contributed by atoms with E-state index in [1.807, 2.05) is 37.3 Å². The maximum atomic E-state index is 11.1. The van der Waals surface area contributed by atoms with Crippen LogP contribution in [0.4, 0.5) is 0 Å². The van der Waals surface area contributed by atoms with Crippen molar-refractivity contribution in [2.75, 3.05) is 6.61 Å². The number of nitrogens with zero attached hydrogens (tertiary/aromatic N) is 3. The highest BCUT2D eigenvalue weighted by Crippen LogP contribution is 2.13. The molecule has 2 atom stereocenters. The van der Waals surface area contributed by atoms with E-state index in [2.05, 4.69) is 10.0 Å². The molecule has 0 bridgehead atoms. The SMILES string of the molecule is CCC[C@@H](OC(C)=O)[C@H](COCc1ccccc1)N=[N+]=[N-]. The van der Waals surface area contributed by atoms with Crippen LogP contribution in [0.15, 0.2) is 35.4 Å². The van der Waals surface area contributed by atoms with Crippen molar-refractivity contribution in [3.8, 4) is 0 Å². The zero-order valence-electron chi connectivity index (χ0n) is 12.4. The summed E-state index contributed by atoms with van der Waals surface area (Å²) >= 11 is 0. The van der Waals surface area contributed by atoms with Gasteiger partial charge >= 0.3 is 5.97 Å². The van der Waals surface area contributed by atoms with Crippen LogP contribution >= 0.6 is 0 Å². The van der Waals surface area contributed by atoms with E-state index in [4.69, 9.17) is 15.0 Å². The van der Waals surface area contributed by atoms with Crippen LogP contribution in [-0.4, -0.2) is 24.7 Å². The zero-order valence-corrected chi connectivity index (χ0v) is 12.4. The van der Waals surface area contributed by atoms with Crippen molar-refractivity contribution >= 4 is 5.97 Å². The normalized spacial score (nSPS) is 13.0. The average Bonchev–Trinajstić information content (AvgIpc) is 2.46. The summed E-state index contributed by atoms with van der Waals surface area (Å²) < 4.78 is 10.8. The Kier molecular flexibility index (Phi) is 7.94. The third-order valence-corrected chi connectivity index (χ3v) is 2.92. The molecule has 0 spiro atoms. The van der Waals surface area contributed by atoms with Crippen LogP contribution in [0.2, 0.25) is 0 Å². The third-order valence-electron chi connectivity index (χ3n) is 2.92. The van der Waals surface area contributed by atoms with Crippen molar-refractivity contribution in [1.82, 2.24) is 0 Å². The summed E-state index contributed by atoms with van der Waals surface area (Å²) in [6.07, 6.45) is 1.02. The van der Waals surface area contributed by atoms with E-state index in [1.165, 1.54) is 6.92 Å². The van der Waals surface area contributed by atoms with Gasteiger partial charge in [-0.25, -0.2) is 0 Å².